The smallest absolute Gasteiger partial charge is 0.261 e. The summed E-state index contributed by atoms with van der Waals surface area (Å²) < 4.78 is 5.49. The molecule has 0 bridgehead atoms. The minimum atomic E-state index is -0.516. The number of amides is 3. The summed E-state index contributed by atoms with van der Waals surface area (Å²) in [5.41, 5.74) is 5.56. The van der Waals surface area contributed by atoms with Crippen LogP contribution in [-0.2, 0) is 9.59 Å². The Hall–Kier alpha value is -2.57. The average molecular weight is 347 g/mol. The summed E-state index contributed by atoms with van der Waals surface area (Å²) >= 11 is 0. The van der Waals surface area contributed by atoms with Gasteiger partial charge in [0.2, 0.25) is 11.8 Å². The summed E-state index contributed by atoms with van der Waals surface area (Å²) in [5, 5.41) is 0. The molecule has 1 saturated heterocycles. The quantitative estimate of drug-likeness (QED) is 0.797. The van der Waals surface area contributed by atoms with Crippen LogP contribution in [0.1, 0.15) is 37.0 Å². The van der Waals surface area contributed by atoms with E-state index in [-0.39, 0.29) is 18.4 Å². The molecule has 1 aromatic rings. The standard InChI is InChI=1S/C18H25N3O4/c1-3-20(4-2)18(24)15-6-5-11-21(15)16(22)12-25-14-9-7-13(8-10-14)17(19)23/h7-10,15H,3-6,11-12H2,1-2H3,(H2,19,23)/t15-/m0/s1. The molecule has 25 heavy (non-hydrogen) atoms. The Kier molecular flexibility index (Phi) is 6.38. The van der Waals surface area contributed by atoms with Gasteiger partial charge in [-0.3, -0.25) is 14.4 Å². The Morgan fingerprint density at radius 3 is 2.40 bits per heavy atom. The van der Waals surface area contributed by atoms with Crippen molar-refractivity contribution in [3.63, 3.8) is 0 Å². The second-order valence-electron chi connectivity index (χ2n) is 5.93. The molecule has 1 aromatic carbocycles. The maximum absolute atomic E-state index is 12.5. The van der Waals surface area contributed by atoms with Crippen LogP contribution in [0, 0.1) is 0 Å². The van der Waals surface area contributed by atoms with Crippen LogP contribution in [0.5, 0.6) is 5.75 Å². The van der Waals surface area contributed by atoms with Crippen LogP contribution >= 0.6 is 0 Å². The summed E-state index contributed by atoms with van der Waals surface area (Å²) in [5.74, 6) is -0.245. The molecule has 0 unspecified atom stereocenters. The number of primary amides is 1. The van der Waals surface area contributed by atoms with Crippen LogP contribution in [0.2, 0.25) is 0 Å². The van der Waals surface area contributed by atoms with E-state index in [0.29, 0.717) is 37.4 Å². The molecule has 0 radical (unpaired) electrons. The second-order valence-corrected chi connectivity index (χ2v) is 5.93. The van der Waals surface area contributed by atoms with E-state index >= 15 is 0 Å². The van der Waals surface area contributed by atoms with Crippen molar-refractivity contribution in [1.82, 2.24) is 9.80 Å². The molecule has 2 rings (SSSR count). The second kappa shape index (κ2) is 8.50. The van der Waals surface area contributed by atoms with Gasteiger partial charge in [0.05, 0.1) is 0 Å². The molecular weight excluding hydrogens is 322 g/mol. The molecule has 0 aromatic heterocycles. The highest BCUT2D eigenvalue weighted by Gasteiger charge is 2.35. The first-order valence-corrected chi connectivity index (χ1v) is 8.58. The largest absolute Gasteiger partial charge is 0.484 e. The van der Waals surface area contributed by atoms with Gasteiger partial charge in [0.1, 0.15) is 11.8 Å². The summed E-state index contributed by atoms with van der Waals surface area (Å²) in [7, 11) is 0. The number of likely N-dealkylation sites (tertiary alicyclic amines) is 1. The van der Waals surface area contributed by atoms with Gasteiger partial charge in [0.15, 0.2) is 6.61 Å². The molecule has 1 fully saturated rings. The Bertz CT molecular complexity index is 626. The zero-order valence-electron chi connectivity index (χ0n) is 14.7. The lowest BCUT2D eigenvalue weighted by Crippen LogP contribution is -2.48. The van der Waals surface area contributed by atoms with Gasteiger partial charge in [0.25, 0.3) is 5.91 Å². The zero-order valence-corrected chi connectivity index (χ0v) is 14.7. The molecule has 0 saturated carbocycles. The molecule has 1 atom stereocenters. The Labute approximate surface area is 147 Å². The minimum Gasteiger partial charge on any atom is -0.484 e. The fourth-order valence-electron chi connectivity index (χ4n) is 3.01. The van der Waals surface area contributed by atoms with Gasteiger partial charge < -0.3 is 20.3 Å². The van der Waals surface area contributed by atoms with E-state index < -0.39 is 11.9 Å². The first kappa shape index (κ1) is 18.8. The van der Waals surface area contributed by atoms with Crippen LogP contribution in [-0.4, -0.2) is 59.8 Å². The number of carbonyl (C=O) groups excluding carboxylic acids is 3. The number of carbonyl (C=O) groups is 3. The van der Waals surface area contributed by atoms with Crippen molar-refractivity contribution in [1.29, 1.82) is 0 Å². The van der Waals surface area contributed by atoms with E-state index in [1.54, 1.807) is 34.1 Å². The molecular formula is C18H25N3O4. The monoisotopic (exact) mass is 347 g/mol. The van der Waals surface area contributed by atoms with Crippen LogP contribution in [0.3, 0.4) is 0 Å². The third-order valence-corrected chi connectivity index (χ3v) is 4.43. The topological polar surface area (TPSA) is 92.9 Å². The predicted molar refractivity (Wildman–Crippen MR) is 93.1 cm³/mol. The van der Waals surface area contributed by atoms with Gasteiger partial charge >= 0.3 is 0 Å². The predicted octanol–water partition coefficient (Wildman–Crippen LogP) is 1.02. The van der Waals surface area contributed by atoms with E-state index in [0.717, 1.165) is 6.42 Å². The summed E-state index contributed by atoms with van der Waals surface area (Å²) in [6, 6.07) is 5.88. The van der Waals surface area contributed by atoms with Crippen molar-refractivity contribution in [3.05, 3.63) is 29.8 Å². The van der Waals surface area contributed by atoms with E-state index in [9.17, 15) is 14.4 Å². The molecule has 1 aliphatic heterocycles. The third kappa shape index (κ3) is 4.49. The number of rotatable bonds is 7. The molecule has 1 heterocycles. The van der Waals surface area contributed by atoms with Gasteiger partial charge in [-0.15, -0.1) is 0 Å². The van der Waals surface area contributed by atoms with Crippen LogP contribution in [0.15, 0.2) is 24.3 Å². The first-order valence-electron chi connectivity index (χ1n) is 8.58. The summed E-state index contributed by atoms with van der Waals surface area (Å²) in [4.78, 5) is 39.4. The zero-order chi connectivity index (χ0) is 18.4. The maximum Gasteiger partial charge on any atom is 0.261 e. The molecule has 1 aliphatic rings. The van der Waals surface area contributed by atoms with Gasteiger partial charge in [-0.2, -0.15) is 0 Å². The van der Waals surface area contributed by atoms with Gasteiger partial charge in [-0.25, -0.2) is 0 Å². The number of hydrogen-bond donors (Lipinski definition) is 1. The molecule has 7 heteroatoms. The number of likely N-dealkylation sites (N-methyl/N-ethyl adjacent to an activating group) is 1. The Balaban J connectivity index is 1.95. The Morgan fingerprint density at radius 1 is 1.20 bits per heavy atom. The number of benzene rings is 1. The van der Waals surface area contributed by atoms with Crippen LogP contribution in [0.25, 0.3) is 0 Å². The highest BCUT2D eigenvalue weighted by atomic mass is 16.5. The maximum atomic E-state index is 12.5. The number of ether oxygens (including phenoxy) is 1. The third-order valence-electron chi connectivity index (χ3n) is 4.43. The highest BCUT2D eigenvalue weighted by Crippen LogP contribution is 2.20. The molecule has 136 valence electrons. The van der Waals surface area contributed by atoms with Crippen molar-refractivity contribution >= 4 is 17.7 Å². The van der Waals surface area contributed by atoms with Crippen LogP contribution in [0.4, 0.5) is 0 Å². The minimum absolute atomic E-state index is 0.00154. The SMILES string of the molecule is CCN(CC)C(=O)[C@@H]1CCCN1C(=O)COc1ccc(C(N)=O)cc1. The van der Waals surface area contributed by atoms with E-state index in [2.05, 4.69) is 0 Å². The fraction of sp³-hybridized carbons (Fsp3) is 0.500. The summed E-state index contributed by atoms with van der Waals surface area (Å²) in [6.45, 7) is 5.56. The molecule has 0 aliphatic carbocycles. The van der Waals surface area contributed by atoms with E-state index in [1.165, 1.54) is 0 Å². The van der Waals surface area contributed by atoms with Crippen molar-refractivity contribution in [2.75, 3.05) is 26.2 Å². The van der Waals surface area contributed by atoms with Gasteiger partial charge in [0, 0.05) is 25.2 Å². The fourth-order valence-corrected chi connectivity index (χ4v) is 3.01. The number of nitrogens with two attached hydrogens (primary N) is 1. The lowest BCUT2D eigenvalue weighted by Gasteiger charge is -2.29. The molecule has 2 N–H and O–H groups in total. The highest BCUT2D eigenvalue weighted by molar-refractivity contribution is 5.92. The van der Waals surface area contributed by atoms with Crippen molar-refractivity contribution < 1.29 is 19.1 Å². The van der Waals surface area contributed by atoms with Crippen LogP contribution < -0.4 is 10.5 Å². The molecule has 3 amide bonds. The van der Waals surface area contributed by atoms with Gasteiger partial charge in [-0.1, -0.05) is 0 Å². The average Bonchev–Trinajstić information content (AvgIpc) is 3.10. The van der Waals surface area contributed by atoms with E-state index in [1.807, 2.05) is 13.8 Å². The lowest BCUT2D eigenvalue weighted by atomic mass is 10.2. The van der Waals surface area contributed by atoms with Crippen molar-refractivity contribution in [2.24, 2.45) is 5.73 Å². The van der Waals surface area contributed by atoms with Crippen molar-refractivity contribution in [2.45, 2.75) is 32.7 Å². The van der Waals surface area contributed by atoms with Crippen molar-refractivity contribution in [3.8, 4) is 5.75 Å². The number of nitrogens with zero attached hydrogens (tertiary/aromatic N) is 2. The Morgan fingerprint density at radius 2 is 1.84 bits per heavy atom. The lowest BCUT2D eigenvalue weighted by molar-refractivity contribution is -0.144. The number of hydrogen-bond acceptors (Lipinski definition) is 4. The molecule has 0 spiro atoms. The summed E-state index contributed by atoms with van der Waals surface area (Å²) in [6.07, 6.45) is 1.51. The normalized spacial score (nSPS) is 16.6. The van der Waals surface area contributed by atoms with E-state index in [4.69, 9.17) is 10.5 Å². The van der Waals surface area contributed by atoms with Gasteiger partial charge in [-0.05, 0) is 51.0 Å². The first-order chi connectivity index (χ1) is 12.0. The molecule has 7 nitrogen and oxygen atoms in total.